The molecule has 0 radical (unpaired) electrons. The summed E-state index contributed by atoms with van der Waals surface area (Å²) in [5.74, 6) is 2.04. The molecule has 1 saturated carbocycles. The van der Waals surface area contributed by atoms with Crippen molar-refractivity contribution in [1.29, 1.82) is 0 Å². The molecule has 0 N–H and O–H groups in total. The van der Waals surface area contributed by atoms with Crippen LogP contribution < -0.4 is 9.47 Å². The molecule has 0 heterocycles. The number of hydrogen-bond donors (Lipinski definition) is 0. The average molecular weight is 348 g/mol. The molecule has 1 aliphatic rings. The molecule has 1 aliphatic carbocycles. The third kappa shape index (κ3) is 4.05. The second-order valence-electron chi connectivity index (χ2n) is 6.58. The molecule has 0 bridgehead atoms. The molecule has 0 spiro atoms. The predicted octanol–water partition coefficient (Wildman–Crippen LogP) is 5.17. The van der Waals surface area contributed by atoms with Crippen molar-refractivity contribution < 1.29 is 14.3 Å². The van der Waals surface area contributed by atoms with Crippen LogP contribution in [-0.4, -0.2) is 20.0 Å². The number of allylic oxidation sites excluding steroid dienone is 2. The van der Waals surface area contributed by atoms with E-state index in [1.54, 1.807) is 14.2 Å². The summed E-state index contributed by atoms with van der Waals surface area (Å²) in [7, 11) is 3.30. The molecule has 2 aromatic rings. The van der Waals surface area contributed by atoms with Crippen LogP contribution in [-0.2, 0) is 4.79 Å². The van der Waals surface area contributed by atoms with Crippen LogP contribution in [0.1, 0.15) is 30.9 Å². The summed E-state index contributed by atoms with van der Waals surface area (Å²) in [6.07, 6.45) is 5.80. The van der Waals surface area contributed by atoms with Gasteiger partial charge in [0, 0.05) is 11.1 Å². The van der Waals surface area contributed by atoms with Gasteiger partial charge in [0.05, 0.1) is 14.2 Å². The van der Waals surface area contributed by atoms with E-state index >= 15 is 0 Å². The smallest absolute Gasteiger partial charge is 0.185 e. The van der Waals surface area contributed by atoms with Gasteiger partial charge >= 0.3 is 0 Å². The molecule has 3 heteroatoms. The number of ketones is 1. The number of methoxy groups -OCH3 is 2. The lowest BCUT2D eigenvalue weighted by Crippen LogP contribution is -2.19. The van der Waals surface area contributed by atoms with Gasteiger partial charge in [-0.3, -0.25) is 4.79 Å². The standard InChI is InChI=1S/C23H24O3/c1-16-4-9-19(14-17-5-10-20(25-2)11-6-17)23(24)22(16)15-18-7-12-21(26-3)13-8-18/h5-8,10-16H,4,9H2,1-3H3/b19-14+,22-15-. The predicted molar refractivity (Wildman–Crippen MR) is 105 cm³/mol. The first-order valence-electron chi connectivity index (χ1n) is 8.85. The molecule has 26 heavy (non-hydrogen) atoms. The molecule has 3 nitrogen and oxygen atoms in total. The number of Topliss-reactive ketones (excluding diaryl/α,β-unsaturated/α-hetero) is 1. The van der Waals surface area contributed by atoms with Crippen molar-refractivity contribution in [2.24, 2.45) is 5.92 Å². The highest BCUT2D eigenvalue weighted by atomic mass is 16.5. The third-order valence-corrected chi connectivity index (χ3v) is 4.83. The number of carbonyl (C=O) groups is 1. The molecule has 0 aliphatic heterocycles. The fraction of sp³-hybridized carbons (Fsp3) is 0.261. The Morgan fingerprint density at radius 3 is 1.85 bits per heavy atom. The minimum atomic E-state index is 0.149. The van der Waals surface area contributed by atoms with Crippen molar-refractivity contribution in [2.75, 3.05) is 14.2 Å². The molecule has 0 saturated heterocycles. The maximum absolute atomic E-state index is 13.0. The molecular formula is C23H24O3. The second-order valence-corrected chi connectivity index (χ2v) is 6.58. The molecule has 2 aromatic carbocycles. The fourth-order valence-electron chi connectivity index (χ4n) is 3.18. The van der Waals surface area contributed by atoms with E-state index in [1.165, 1.54) is 0 Å². The molecule has 1 fully saturated rings. The Labute approximate surface area is 155 Å². The van der Waals surface area contributed by atoms with Gasteiger partial charge in [0.25, 0.3) is 0 Å². The van der Waals surface area contributed by atoms with Crippen LogP contribution in [0.3, 0.4) is 0 Å². The number of benzene rings is 2. The highest BCUT2D eigenvalue weighted by Gasteiger charge is 2.26. The van der Waals surface area contributed by atoms with E-state index < -0.39 is 0 Å². The van der Waals surface area contributed by atoms with Gasteiger partial charge in [-0.25, -0.2) is 0 Å². The van der Waals surface area contributed by atoms with Crippen LogP contribution in [0.25, 0.3) is 12.2 Å². The van der Waals surface area contributed by atoms with Crippen LogP contribution in [0.2, 0.25) is 0 Å². The minimum Gasteiger partial charge on any atom is -0.497 e. The van der Waals surface area contributed by atoms with Crippen molar-refractivity contribution in [3.63, 3.8) is 0 Å². The normalized spacial score (nSPS) is 20.4. The summed E-state index contributed by atoms with van der Waals surface area (Å²) in [6.45, 7) is 2.12. The lowest BCUT2D eigenvalue weighted by Gasteiger charge is -2.23. The van der Waals surface area contributed by atoms with Gasteiger partial charge < -0.3 is 9.47 Å². The van der Waals surface area contributed by atoms with Crippen LogP contribution in [0.15, 0.2) is 59.7 Å². The largest absolute Gasteiger partial charge is 0.497 e. The van der Waals surface area contributed by atoms with Crippen molar-refractivity contribution in [1.82, 2.24) is 0 Å². The molecule has 1 unspecified atom stereocenters. The van der Waals surface area contributed by atoms with Crippen molar-refractivity contribution in [3.8, 4) is 11.5 Å². The Hall–Kier alpha value is -2.81. The zero-order valence-electron chi connectivity index (χ0n) is 15.5. The first kappa shape index (κ1) is 18.0. The number of rotatable bonds is 4. The SMILES string of the molecule is COc1ccc(/C=C2\C(=O)/C(=C/c3ccc(OC)cc3)CCC2C)cc1. The van der Waals surface area contributed by atoms with Crippen LogP contribution in [0.5, 0.6) is 11.5 Å². The Morgan fingerprint density at radius 1 is 0.846 bits per heavy atom. The summed E-state index contributed by atoms with van der Waals surface area (Å²) in [6, 6.07) is 15.6. The summed E-state index contributed by atoms with van der Waals surface area (Å²) in [4.78, 5) is 13.0. The Balaban J connectivity index is 1.86. The van der Waals surface area contributed by atoms with Crippen molar-refractivity contribution in [3.05, 3.63) is 70.8 Å². The molecular weight excluding hydrogens is 324 g/mol. The Kier molecular flexibility index (Phi) is 5.57. The van der Waals surface area contributed by atoms with Gasteiger partial charge in [0.1, 0.15) is 11.5 Å². The van der Waals surface area contributed by atoms with E-state index in [1.807, 2.05) is 60.7 Å². The summed E-state index contributed by atoms with van der Waals surface area (Å²) in [5.41, 5.74) is 3.79. The quantitative estimate of drug-likeness (QED) is 0.715. The first-order chi connectivity index (χ1) is 12.6. The minimum absolute atomic E-state index is 0.149. The van der Waals surface area contributed by atoms with E-state index in [9.17, 15) is 4.79 Å². The monoisotopic (exact) mass is 348 g/mol. The van der Waals surface area contributed by atoms with Gasteiger partial charge in [-0.05, 0) is 66.3 Å². The fourth-order valence-corrected chi connectivity index (χ4v) is 3.18. The van der Waals surface area contributed by atoms with Crippen LogP contribution >= 0.6 is 0 Å². The van der Waals surface area contributed by atoms with Gasteiger partial charge in [-0.15, -0.1) is 0 Å². The number of hydrogen-bond acceptors (Lipinski definition) is 3. The molecule has 1 atom stereocenters. The van der Waals surface area contributed by atoms with E-state index in [-0.39, 0.29) is 11.7 Å². The lowest BCUT2D eigenvalue weighted by molar-refractivity contribution is -0.113. The maximum Gasteiger partial charge on any atom is 0.185 e. The van der Waals surface area contributed by atoms with Crippen molar-refractivity contribution in [2.45, 2.75) is 19.8 Å². The van der Waals surface area contributed by atoms with Crippen LogP contribution in [0, 0.1) is 5.92 Å². The topological polar surface area (TPSA) is 35.5 Å². The molecule has 0 amide bonds. The highest BCUT2D eigenvalue weighted by molar-refractivity contribution is 6.14. The zero-order valence-corrected chi connectivity index (χ0v) is 15.5. The Bertz CT molecular complexity index is 827. The van der Waals surface area contributed by atoms with Crippen LogP contribution in [0.4, 0.5) is 0 Å². The zero-order chi connectivity index (χ0) is 18.5. The summed E-state index contributed by atoms with van der Waals surface area (Å²) in [5, 5.41) is 0. The second kappa shape index (κ2) is 8.05. The van der Waals surface area contributed by atoms with Gasteiger partial charge in [0.15, 0.2) is 5.78 Å². The lowest BCUT2D eigenvalue weighted by atomic mass is 9.80. The van der Waals surface area contributed by atoms with Gasteiger partial charge in [-0.2, -0.15) is 0 Å². The number of carbonyl (C=O) groups excluding carboxylic acids is 1. The van der Waals surface area contributed by atoms with Gasteiger partial charge in [-0.1, -0.05) is 31.2 Å². The van der Waals surface area contributed by atoms with E-state index in [0.717, 1.165) is 46.6 Å². The van der Waals surface area contributed by atoms with Crippen molar-refractivity contribution >= 4 is 17.9 Å². The third-order valence-electron chi connectivity index (χ3n) is 4.83. The molecule has 3 rings (SSSR count). The summed E-state index contributed by atoms with van der Waals surface area (Å²) < 4.78 is 10.4. The summed E-state index contributed by atoms with van der Waals surface area (Å²) >= 11 is 0. The molecule has 134 valence electrons. The molecule has 0 aromatic heterocycles. The van der Waals surface area contributed by atoms with E-state index in [0.29, 0.717) is 0 Å². The number of ether oxygens (including phenoxy) is 2. The Morgan fingerprint density at radius 2 is 1.35 bits per heavy atom. The highest BCUT2D eigenvalue weighted by Crippen LogP contribution is 2.32. The average Bonchev–Trinajstić information content (AvgIpc) is 2.68. The van der Waals surface area contributed by atoms with E-state index in [2.05, 4.69) is 6.92 Å². The van der Waals surface area contributed by atoms with E-state index in [4.69, 9.17) is 9.47 Å². The first-order valence-corrected chi connectivity index (χ1v) is 8.85. The maximum atomic E-state index is 13.0. The van der Waals surface area contributed by atoms with Gasteiger partial charge in [0.2, 0.25) is 0 Å².